The van der Waals surface area contributed by atoms with Gasteiger partial charge in [-0.25, -0.2) is 14.8 Å². The van der Waals surface area contributed by atoms with Gasteiger partial charge in [-0.1, -0.05) is 36.4 Å². The molecule has 218 valence electrons. The number of benzene rings is 2. The van der Waals surface area contributed by atoms with Crippen molar-refractivity contribution >= 4 is 23.7 Å². The number of carbonyl (C=O) groups excluding carboxylic acids is 2. The number of likely N-dealkylation sites (tertiary alicyclic amines) is 1. The van der Waals surface area contributed by atoms with Crippen LogP contribution in [0.5, 0.6) is 5.75 Å². The largest absolute Gasteiger partial charge is 0.493 e. The van der Waals surface area contributed by atoms with Crippen LogP contribution in [0.15, 0.2) is 54.7 Å². The molecule has 2 heterocycles. The Balaban J connectivity index is 1.36. The maximum atomic E-state index is 12.4. The fraction of sp³-hybridized carbons (Fsp3) is 0.438. The zero-order chi connectivity index (χ0) is 29.4. The Kier molecular flexibility index (Phi) is 9.81. The first-order valence-corrected chi connectivity index (χ1v) is 14.0. The second kappa shape index (κ2) is 13.5. The molecule has 1 saturated heterocycles. The van der Waals surface area contributed by atoms with Crippen molar-refractivity contribution in [3.63, 3.8) is 0 Å². The number of esters is 1. The highest BCUT2D eigenvalue weighted by Crippen LogP contribution is 2.30. The molecule has 0 radical (unpaired) electrons. The van der Waals surface area contributed by atoms with Crippen LogP contribution in [0.4, 0.5) is 16.4 Å². The number of aromatic nitrogens is 2. The quantitative estimate of drug-likeness (QED) is 0.326. The first kappa shape index (κ1) is 29.8. The van der Waals surface area contributed by atoms with Crippen molar-refractivity contribution in [2.45, 2.75) is 64.4 Å². The van der Waals surface area contributed by atoms with E-state index in [-0.39, 0.29) is 18.5 Å². The number of hydrogen-bond acceptors (Lipinski definition) is 8. The molecule has 2 aromatic carbocycles. The van der Waals surface area contributed by atoms with Crippen LogP contribution in [0, 0.1) is 0 Å². The lowest BCUT2D eigenvalue weighted by atomic mass is 9.89. The predicted molar refractivity (Wildman–Crippen MR) is 158 cm³/mol. The smallest absolute Gasteiger partial charge is 0.410 e. The van der Waals surface area contributed by atoms with Crippen LogP contribution in [-0.4, -0.2) is 59.8 Å². The summed E-state index contributed by atoms with van der Waals surface area (Å²) in [7, 11) is 3.01. The molecule has 0 bridgehead atoms. The third-order valence-corrected chi connectivity index (χ3v) is 7.15. The minimum Gasteiger partial charge on any atom is -0.493 e. The van der Waals surface area contributed by atoms with E-state index in [4.69, 9.17) is 19.2 Å². The van der Waals surface area contributed by atoms with E-state index in [1.807, 2.05) is 57.2 Å². The fourth-order valence-electron chi connectivity index (χ4n) is 4.96. The van der Waals surface area contributed by atoms with Crippen molar-refractivity contribution in [3.05, 3.63) is 77.1 Å². The molecule has 1 amide bonds. The van der Waals surface area contributed by atoms with E-state index in [0.717, 1.165) is 35.3 Å². The lowest BCUT2D eigenvalue weighted by Gasteiger charge is -2.33. The number of rotatable bonds is 9. The van der Waals surface area contributed by atoms with Crippen LogP contribution in [0.25, 0.3) is 0 Å². The fourth-order valence-corrected chi connectivity index (χ4v) is 4.96. The molecule has 4 rings (SSSR count). The number of ether oxygens (including phenoxy) is 3. The van der Waals surface area contributed by atoms with Crippen LogP contribution < -0.4 is 10.1 Å². The molecule has 41 heavy (non-hydrogen) atoms. The van der Waals surface area contributed by atoms with Gasteiger partial charge >= 0.3 is 12.1 Å². The molecule has 1 fully saturated rings. The predicted octanol–water partition coefficient (Wildman–Crippen LogP) is 5.84. The minimum absolute atomic E-state index is 0.235. The lowest BCUT2D eigenvalue weighted by molar-refractivity contribution is -0.139. The van der Waals surface area contributed by atoms with Gasteiger partial charge in [0, 0.05) is 18.8 Å². The topological polar surface area (TPSA) is 103 Å². The lowest BCUT2D eigenvalue weighted by Crippen LogP contribution is -2.41. The Labute approximate surface area is 242 Å². The molecule has 0 unspecified atom stereocenters. The van der Waals surface area contributed by atoms with Crippen LogP contribution in [0.3, 0.4) is 0 Å². The monoisotopic (exact) mass is 560 g/mol. The number of aryl methyl sites for hydroxylation is 2. The molecule has 1 N–H and O–H groups in total. The van der Waals surface area contributed by atoms with E-state index < -0.39 is 5.60 Å². The molecule has 0 aliphatic carbocycles. The molecule has 0 saturated carbocycles. The Bertz CT molecular complexity index is 1330. The minimum atomic E-state index is -0.484. The first-order chi connectivity index (χ1) is 19.6. The third kappa shape index (κ3) is 8.42. The van der Waals surface area contributed by atoms with Crippen LogP contribution >= 0.6 is 0 Å². The first-order valence-electron chi connectivity index (χ1n) is 14.0. The summed E-state index contributed by atoms with van der Waals surface area (Å²) in [5.41, 5.74) is 4.46. The average molecular weight is 561 g/mol. The van der Waals surface area contributed by atoms with Gasteiger partial charge < -0.3 is 24.4 Å². The Morgan fingerprint density at radius 2 is 1.66 bits per heavy atom. The normalized spacial score (nSPS) is 13.9. The van der Waals surface area contributed by atoms with Crippen molar-refractivity contribution in [2.24, 2.45) is 0 Å². The summed E-state index contributed by atoms with van der Waals surface area (Å²) in [5.74, 6) is 1.24. The molecule has 1 aliphatic rings. The number of methoxy groups -OCH3 is 2. The van der Waals surface area contributed by atoms with Crippen LogP contribution in [0.2, 0.25) is 0 Å². The van der Waals surface area contributed by atoms with E-state index in [1.54, 1.807) is 18.2 Å². The van der Waals surface area contributed by atoms with E-state index >= 15 is 0 Å². The van der Waals surface area contributed by atoms with Crippen molar-refractivity contribution < 1.29 is 23.8 Å². The summed E-state index contributed by atoms with van der Waals surface area (Å²) in [4.78, 5) is 35.2. The molecule has 1 aliphatic heterocycles. The van der Waals surface area contributed by atoms with Gasteiger partial charge in [-0.05, 0) is 81.2 Å². The van der Waals surface area contributed by atoms with Gasteiger partial charge in [0.2, 0.25) is 5.95 Å². The van der Waals surface area contributed by atoms with E-state index in [2.05, 4.69) is 22.4 Å². The molecule has 9 heteroatoms. The van der Waals surface area contributed by atoms with Gasteiger partial charge in [0.1, 0.15) is 5.60 Å². The van der Waals surface area contributed by atoms with Crippen molar-refractivity contribution in [3.8, 4) is 5.75 Å². The summed E-state index contributed by atoms with van der Waals surface area (Å²) in [6.45, 7) is 7.05. The molecular weight excluding hydrogens is 520 g/mol. The molecule has 0 atom stereocenters. The number of hydrogen-bond donors (Lipinski definition) is 1. The van der Waals surface area contributed by atoms with Gasteiger partial charge in [0.15, 0.2) is 5.75 Å². The number of piperidine rings is 1. The van der Waals surface area contributed by atoms with Crippen LogP contribution in [0.1, 0.15) is 61.9 Å². The SMILES string of the molecule is COC(=O)Cc1ccccc1CCc1nc(Nc2ccc(C3CCN(C(=O)OC(C)(C)C)CC3)cc2)ncc1OC. The molecule has 0 spiro atoms. The second-order valence-corrected chi connectivity index (χ2v) is 11.2. The molecule has 1 aromatic heterocycles. The highest BCUT2D eigenvalue weighted by atomic mass is 16.6. The standard InChI is InChI=1S/C32H40N4O5/c1-32(2,3)41-31(38)36-18-16-24(17-19-36)23-10-13-26(14-11-23)34-30-33-21-28(39-4)27(35-30)15-12-22-8-6-7-9-25(22)20-29(37)40-5/h6-11,13-14,21,24H,12,15-20H2,1-5H3,(H,33,34,35). The summed E-state index contributed by atoms with van der Waals surface area (Å²) in [5, 5.41) is 3.30. The van der Waals surface area contributed by atoms with Gasteiger partial charge in [-0.3, -0.25) is 4.79 Å². The zero-order valence-electron chi connectivity index (χ0n) is 24.6. The number of nitrogens with zero attached hydrogens (tertiary/aromatic N) is 3. The number of amides is 1. The Morgan fingerprint density at radius 1 is 0.976 bits per heavy atom. The maximum absolute atomic E-state index is 12.4. The number of carbonyl (C=O) groups is 2. The molecule has 9 nitrogen and oxygen atoms in total. The second-order valence-electron chi connectivity index (χ2n) is 11.2. The Hall–Kier alpha value is -4.14. The summed E-state index contributed by atoms with van der Waals surface area (Å²) in [6.07, 6.45) is 4.80. The third-order valence-electron chi connectivity index (χ3n) is 7.15. The summed E-state index contributed by atoms with van der Waals surface area (Å²) in [6, 6.07) is 16.2. The van der Waals surface area contributed by atoms with Gasteiger partial charge in [0.05, 0.1) is 32.5 Å². The van der Waals surface area contributed by atoms with E-state index in [1.165, 1.54) is 12.7 Å². The van der Waals surface area contributed by atoms with Gasteiger partial charge in [-0.15, -0.1) is 0 Å². The van der Waals surface area contributed by atoms with Crippen molar-refractivity contribution in [1.82, 2.24) is 14.9 Å². The zero-order valence-corrected chi connectivity index (χ0v) is 24.6. The van der Waals surface area contributed by atoms with Crippen molar-refractivity contribution in [1.29, 1.82) is 0 Å². The average Bonchev–Trinajstić information content (AvgIpc) is 2.96. The van der Waals surface area contributed by atoms with Crippen LogP contribution in [-0.2, 0) is 33.5 Å². The summed E-state index contributed by atoms with van der Waals surface area (Å²) >= 11 is 0. The maximum Gasteiger partial charge on any atom is 0.410 e. The van der Waals surface area contributed by atoms with E-state index in [9.17, 15) is 9.59 Å². The summed E-state index contributed by atoms with van der Waals surface area (Å²) < 4.78 is 15.9. The van der Waals surface area contributed by atoms with Gasteiger partial charge in [0.25, 0.3) is 0 Å². The van der Waals surface area contributed by atoms with E-state index in [0.29, 0.717) is 43.5 Å². The number of anilines is 2. The van der Waals surface area contributed by atoms with Gasteiger partial charge in [-0.2, -0.15) is 0 Å². The Morgan fingerprint density at radius 3 is 2.29 bits per heavy atom. The molecule has 3 aromatic rings. The highest BCUT2D eigenvalue weighted by molar-refractivity contribution is 5.73. The molecular formula is C32H40N4O5. The van der Waals surface area contributed by atoms with Crippen molar-refractivity contribution in [2.75, 3.05) is 32.6 Å². The number of nitrogens with one attached hydrogen (secondary N) is 1. The highest BCUT2D eigenvalue weighted by Gasteiger charge is 2.27.